The van der Waals surface area contributed by atoms with E-state index in [9.17, 15) is 9.18 Å². The van der Waals surface area contributed by atoms with Gasteiger partial charge in [-0.25, -0.2) is 4.39 Å². The summed E-state index contributed by atoms with van der Waals surface area (Å²) in [5.74, 6) is -1.43. The van der Waals surface area contributed by atoms with Gasteiger partial charge in [0.05, 0.1) is 5.92 Å². The molecule has 0 heterocycles. The molecule has 2 nitrogen and oxygen atoms in total. The van der Waals surface area contributed by atoms with Crippen LogP contribution in [-0.4, -0.2) is 11.1 Å². The van der Waals surface area contributed by atoms with Crippen LogP contribution in [0.5, 0.6) is 0 Å². The molecule has 0 aliphatic rings. The SMILES string of the molecule is CCCC(Cc1ccc(F)cc1)C(=O)O. The predicted molar refractivity (Wildman–Crippen MR) is 56.1 cm³/mol. The van der Waals surface area contributed by atoms with Gasteiger partial charge in [0.25, 0.3) is 0 Å². The van der Waals surface area contributed by atoms with Gasteiger partial charge in [-0.15, -0.1) is 0 Å². The van der Waals surface area contributed by atoms with Crippen molar-refractivity contribution < 1.29 is 14.3 Å². The van der Waals surface area contributed by atoms with E-state index >= 15 is 0 Å². The van der Waals surface area contributed by atoms with Gasteiger partial charge in [-0.2, -0.15) is 0 Å². The maximum absolute atomic E-state index is 12.6. The number of carbonyl (C=O) groups is 1. The zero-order valence-electron chi connectivity index (χ0n) is 8.74. The van der Waals surface area contributed by atoms with E-state index in [2.05, 4.69) is 0 Å². The van der Waals surface area contributed by atoms with Gasteiger partial charge in [0.1, 0.15) is 5.82 Å². The first-order valence-corrected chi connectivity index (χ1v) is 5.10. The lowest BCUT2D eigenvalue weighted by Gasteiger charge is -2.10. The Morgan fingerprint density at radius 3 is 2.47 bits per heavy atom. The average molecular weight is 210 g/mol. The number of rotatable bonds is 5. The Morgan fingerprint density at radius 1 is 1.40 bits per heavy atom. The Labute approximate surface area is 88.7 Å². The van der Waals surface area contributed by atoms with Crippen LogP contribution < -0.4 is 0 Å². The fourth-order valence-corrected chi connectivity index (χ4v) is 1.57. The van der Waals surface area contributed by atoms with Gasteiger partial charge >= 0.3 is 5.97 Å². The molecule has 0 bridgehead atoms. The van der Waals surface area contributed by atoms with Crippen molar-refractivity contribution in [2.75, 3.05) is 0 Å². The van der Waals surface area contributed by atoms with E-state index in [1.165, 1.54) is 12.1 Å². The Balaban J connectivity index is 2.65. The van der Waals surface area contributed by atoms with Crippen molar-refractivity contribution in [1.29, 1.82) is 0 Å². The third kappa shape index (κ3) is 3.70. The van der Waals surface area contributed by atoms with Crippen LogP contribution in [0.25, 0.3) is 0 Å². The van der Waals surface area contributed by atoms with E-state index in [4.69, 9.17) is 5.11 Å². The second-order valence-electron chi connectivity index (χ2n) is 3.65. The molecule has 0 saturated carbocycles. The van der Waals surface area contributed by atoms with Crippen molar-refractivity contribution >= 4 is 5.97 Å². The summed E-state index contributed by atoms with van der Waals surface area (Å²) in [5.41, 5.74) is 0.872. The van der Waals surface area contributed by atoms with E-state index < -0.39 is 5.97 Å². The molecule has 1 rings (SSSR count). The Bertz CT molecular complexity index is 319. The van der Waals surface area contributed by atoms with E-state index in [0.29, 0.717) is 12.8 Å². The molecule has 1 atom stereocenters. The van der Waals surface area contributed by atoms with Crippen molar-refractivity contribution in [2.45, 2.75) is 26.2 Å². The van der Waals surface area contributed by atoms with Crippen LogP contribution in [0.1, 0.15) is 25.3 Å². The molecule has 0 radical (unpaired) electrons. The van der Waals surface area contributed by atoms with Gasteiger partial charge in [-0.05, 0) is 30.5 Å². The number of halogens is 1. The van der Waals surface area contributed by atoms with Crippen molar-refractivity contribution in [3.05, 3.63) is 35.6 Å². The zero-order valence-corrected chi connectivity index (χ0v) is 8.74. The van der Waals surface area contributed by atoms with Crippen molar-refractivity contribution in [3.63, 3.8) is 0 Å². The van der Waals surface area contributed by atoms with Gasteiger partial charge in [0, 0.05) is 0 Å². The highest BCUT2D eigenvalue weighted by molar-refractivity contribution is 5.70. The summed E-state index contributed by atoms with van der Waals surface area (Å²) < 4.78 is 12.6. The van der Waals surface area contributed by atoms with E-state index in [1.807, 2.05) is 6.92 Å². The van der Waals surface area contributed by atoms with Gasteiger partial charge in [-0.3, -0.25) is 4.79 Å². The molecule has 0 amide bonds. The largest absolute Gasteiger partial charge is 0.481 e. The number of benzene rings is 1. The van der Waals surface area contributed by atoms with Gasteiger partial charge < -0.3 is 5.11 Å². The highest BCUT2D eigenvalue weighted by Crippen LogP contribution is 2.14. The minimum Gasteiger partial charge on any atom is -0.481 e. The molecular weight excluding hydrogens is 195 g/mol. The molecule has 3 heteroatoms. The molecule has 1 aromatic rings. The Kier molecular flexibility index (Phi) is 4.28. The molecule has 1 N–H and O–H groups in total. The van der Waals surface area contributed by atoms with Crippen LogP contribution in [0.15, 0.2) is 24.3 Å². The Hall–Kier alpha value is -1.38. The molecule has 0 aliphatic carbocycles. The van der Waals surface area contributed by atoms with Crippen LogP contribution in [0.2, 0.25) is 0 Å². The molecule has 0 fully saturated rings. The number of hydrogen-bond donors (Lipinski definition) is 1. The normalized spacial score (nSPS) is 12.4. The van der Waals surface area contributed by atoms with Crippen LogP contribution in [0.4, 0.5) is 4.39 Å². The van der Waals surface area contributed by atoms with Crippen LogP contribution in [0, 0.1) is 11.7 Å². The quantitative estimate of drug-likeness (QED) is 0.811. The van der Waals surface area contributed by atoms with Gasteiger partial charge in [-0.1, -0.05) is 25.5 Å². The maximum Gasteiger partial charge on any atom is 0.306 e. The topological polar surface area (TPSA) is 37.3 Å². The summed E-state index contributed by atoms with van der Waals surface area (Å²) in [4.78, 5) is 10.9. The third-order valence-corrected chi connectivity index (χ3v) is 2.38. The lowest BCUT2D eigenvalue weighted by atomic mass is 9.95. The monoisotopic (exact) mass is 210 g/mol. The molecule has 82 valence electrons. The van der Waals surface area contributed by atoms with Crippen LogP contribution in [0.3, 0.4) is 0 Å². The van der Waals surface area contributed by atoms with Crippen LogP contribution >= 0.6 is 0 Å². The fourth-order valence-electron chi connectivity index (χ4n) is 1.57. The minimum absolute atomic E-state index is 0.291. The van der Waals surface area contributed by atoms with Gasteiger partial charge in [0.15, 0.2) is 0 Å². The maximum atomic E-state index is 12.6. The summed E-state index contributed by atoms with van der Waals surface area (Å²) in [6.07, 6.45) is 1.98. The number of hydrogen-bond acceptors (Lipinski definition) is 1. The highest BCUT2D eigenvalue weighted by atomic mass is 19.1. The van der Waals surface area contributed by atoms with Crippen LogP contribution in [-0.2, 0) is 11.2 Å². The summed E-state index contributed by atoms with van der Waals surface area (Å²) in [5, 5.41) is 8.95. The molecule has 0 aromatic heterocycles. The molecule has 0 spiro atoms. The predicted octanol–water partition coefficient (Wildman–Crippen LogP) is 2.87. The van der Waals surface area contributed by atoms with E-state index in [1.54, 1.807) is 12.1 Å². The molecule has 1 aromatic carbocycles. The second-order valence-corrected chi connectivity index (χ2v) is 3.65. The van der Waals surface area contributed by atoms with Crippen molar-refractivity contribution in [1.82, 2.24) is 0 Å². The summed E-state index contributed by atoms with van der Waals surface area (Å²) in [7, 11) is 0. The third-order valence-electron chi connectivity index (χ3n) is 2.38. The fraction of sp³-hybridized carbons (Fsp3) is 0.417. The first kappa shape index (κ1) is 11.7. The summed E-state index contributed by atoms with van der Waals surface area (Å²) in [6, 6.07) is 6.00. The lowest BCUT2D eigenvalue weighted by Crippen LogP contribution is -2.16. The molecular formula is C12H15FO2. The number of aliphatic carboxylic acids is 1. The van der Waals surface area contributed by atoms with Gasteiger partial charge in [0.2, 0.25) is 0 Å². The number of carboxylic acid groups (broad SMARTS) is 1. The average Bonchev–Trinajstić information content (AvgIpc) is 2.20. The lowest BCUT2D eigenvalue weighted by molar-refractivity contribution is -0.141. The smallest absolute Gasteiger partial charge is 0.306 e. The summed E-state index contributed by atoms with van der Waals surface area (Å²) >= 11 is 0. The highest BCUT2D eigenvalue weighted by Gasteiger charge is 2.16. The van der Waals surface area contributed by atoms with Crippen molar-refractivity contribution in [3.8, 4) is 0 Å². The molecule has 0 saturated heterocycles. The zero-order chi connectivity index (χ0) is 11.3. The summed E-state index contributed by atoms with van der Waals surface area (Å²) in [6.45, 7) is 1.96. The Morgan fingerprint density at radius 2 is 2.00 bits per heavy atom. The molecule has 1 unspecified atom stereocenters. The molecule has 0 aliphatic heterocycles. The van der Waals surface area contributed by atoms with E-state index in [-0.39, 0.29) is 11.7 Å². The van der Waals surface area contributed by atoms with E-state index in [0.717, 1.165) is 12.0 Å². The van der Waals surface area contributed by atoms with Crippen molar-refractivity contribution in [2.24, 2.45) is 5.92 Å². The first-order valence-electron chi connectivity index (χ1n) is 5.10. The minimum atomic E-state index is -0.777. The first-order chi connectivity index (χ1) is 7.13. The molecule has 15 heavy (non-hydrogen) atoms. The second kappa shape index (κ2) is 5.49. The number of carboxylic acids is 1. The standard InChI is InChI=1S/C12H15FO2/c1-2-3-10(12(14)15)8-9-4-6-11(13)7-5-9/h4-7,10H,2-3,8H2,1H3,(H,14,15).